The van der Waals surface area contributed by atoms with Gasteiger partial charge in [-0.2, -0.15) is 0 Å². The van der Waals surface area contributed by atoms with Crippen molar-refractivity contribution in [2.45, 2.75) is 0 Å². The molecule has 1 aromatic carbocycles. The van der Waals surface area contributed by atoms with E-state index in [2.05, 4.69) is 12.4 Å². The first-order valence-corrected chi connectivity index (χ1v) is 5.53. The maximum absolute atomic E-state index is 6.19. The number of benzene rings is 1. The maximum Gasteiger partial charge on any atom is 0.172 e. The molecule has 0 fully saturated rings. The van der Waals surface area contributed by atoms with Crippen LogP contribution in [0.2, 0.25) is 5.02 Å². The van der Waals surface area contributed by atoms with Gasteiger partial charge in [0.2, 0.25) is 0 Å². The molecule has 4 heteroatoms. The first-order valence-electron chi connectivity index (χ1n) is 5.15. The Morgan fingerprint density at radius 3 is 2.29 bits per heavy atom. The van der Waals surface area contributed by atoms with Gasteiger partial charge in [-0.05, 0) is 6.07 Å². The van der Waals surface area contributed by atoms with Crippen molar-refractivity contribution in [2.24, 2.45) is 0 Å². The largest absolute Gasteiger partial charge is 1.00 e. The van der Waals surface area contributed by atoms with Crippen LogP contribution in [0.25, 0.3) is 5.57 Å². The lowest BCUT2D eigenvalue weighted by molar-refractivity contribution is -0.458. The fourth-order valence-corrected chi connectivity index (χ4v) is 1.67. The van der Waals surface area contributed by atoms with Crippen LogP contribution in [-0.4, -0.2) is 43.9 Å². The van der Waals surface area contributed by atoms with E-state index < -0.39 is 0 Å². The Hall–Kier alpha value is -0.550. The van der Waals surface area contributed by atoms with Crippen molar-refractivity contribution in [3.63, 3.8) is 0 Å². The monoisotopic (exact) mass is 364 g/mol. The van der Waals surface area contributed by atoms with Crippen LogP contribution in [-0.2, 0) is 0 Å². The Bertz CT molecular complexity index is 421. The fourth-order valence-electron chi connectivity index (χ4n) is 1.42. The molecule has 0 unspecified atom stereocenters. The summed E-state index contributed by atoms with van der Waals surface area (Å²) >= 11 is 6.19. The highest BCUT2D eigenvalue weighted by atomic mass is 127. The topological polar surface area (TPSA) is 6.25 Å². The first kappa shape index (κ1) is 16.4. The van der Waals surface area contributed by atoms with Gasteiger partial charge in [0.25, 0.3) is 0 Å². The van der Waals surface area contributed by atoms with Gasteiger partial charge in [0.1, 0.15) is 14.1 Å². The molecule has 0 aliphatic rings. The third-order valence-corrected chi connectivity index (χ3v) is 2.31. The predicted molar refractivity (Wildman–Crippen MR) is 71.3 cm³/mol. The molecule has 0 saturated carbocycles. The molecule has 0 atom stereocenters. The highest BCUT2D eigenvalue weighted by Crippen LogP contribution is 2.22. The Morgan fingerprint density at radius 2 is 1.82 bits per heavy atom. The van der Waals surface area contributed by atoms with Crippen LogP contribution in [0.15, 0.2) is 30.5 Å². The number of rotatable bonds is 3. The molecular weight excluding hydrogens is 347 g/mol. The van der Waals surface area contributed by atoms with Crippen LogP contribution in [0.3, 0.4) is 0 Å². The van der Waals surface area contributed by atoms with E-state index in [-0.39, 0.29) is 24.0 Å². The third kappa shape index (κ3) is 5.55. The van der Waals surface area contributed by atoms with Gasteiger partial charge in [0, 0.05) is 30.9 Å². The van der Waals surface area contributed by atoms with E-state index in [4.69, 9.17) is 11.6 Å². The molecule has 94 valence electrons. The standard InChI is InChI=1S/C13H18ClN2.HI/c1-15(2)9-11(10-16(3)4)12-7-5-6-8-13(12)14;/h5-10H,1-4H3;1H/q+1;/p-1. The van der Waals surface area contributed by atoms with Gasteiger partial charge in [-0.1, -0.05) is 29.8 Å². The van der Waals surface area contributed by atoms with Crippen LogP contribution in [0.4, 0.5) is 0 Å². The maximum atomic E-state index is 6.19. The zero-order valence-corrected chi connectivity index (χ0v) is 13.5. The summed E-state index contributed by atoms with van der Waals surface area (Å²) in [6, 6.07) is 7.87. The van der Waals surface area contributed by atoms with Crippen molar-refractivity contribution in [1.82, 2.24) is 4.90 Å². The third-order valence-electron chi connectivity index (χ3n) is 1.98. The Balaban J connectivity index is 0.00000256. The van der Waals surface area contributed by atoms with Crippen LogP contribution < -0.4 is 24.0 Å². The average molecular weight is 365 g/mol. The van der Waals surface area contributed by atoms with E-state index in [1.807, 2.05) is 61.9 Å². The van der Waals surface area contributed by atoms with Crippen molar-refractivity contribution in [2.75, 3.05) is 28.2 Å². The van der Waals surface area contributed by atoms with E-state index >= 15 is 0 Å². The smallest absolute Gasteiger partial charge is 0.172 e. The Labute approximate surface area is 126 Å². The van der Waals surface area contributed by atoms with Crippen molar-refractivity contribution in [1.29, 1.82) is 0 Å². The summed E-state index contributed by atoms with van der Waals surface area (Å²) in [5.74, 6) is 0. The normalized spacial score (nSPS) is 10.5. The number of halogens is 2. The second kappa shape index (κ2) is 7.71. The van der Waals surface area contributed by atoms with Crippen LogP contribution in [0.5, 0.6) is 0 Å². The molecule has 0 saturated heterocycles. The van der Waals surface area contributed by atoms with Gasteiger partial charge >= 0.3 is 0 Å². The van der Waals surface area contributed by atoms with Gasteiger partial charge in [-0.25, -0.2) is 4.58 Å². The Kier molecular flexibility index (Phi) is 7.46. The SMILES string of the molecule is CN(C)C=C(C=[N+](C)C)c1ccccc1Cl.[I-]. The van der Waals surface area contributed by atoms with Gasteiger partial charge in [-0.3, -0.25) is 0 Å². The average Bonchev–Trinajstić information content (AvgIpc) is 2.15. The lowest BCUT2D eigenvalue weighted by Gasteiger charge is -2.09. The summed E-state index contributed by atoms with van der Waals surface area (Å²) in [6.07, 6.45) is 4.11. The molecule has 0 amide bonds. The van der Waals surface area contributed by atoms with E-state index in [9.17, 15) is 0 Å². The predicted octanol–water partition coefficient (Wildman–Crippen LogP) is -0.411. The highest BCUT2D eigenvalue weighted by molar-refractivity contribution is 6.33. The molecule has 17 heavy (non-hydrogen) atoms. The van der Waals surface area contributed by atoms with E-state index in [1.54, 1.807) is 0 Å². The molecule has 0 N–H and O–H groups in total. The second-order valence-corrected chi connectivity index (χ2v) is 4.53. The number of hydrogen-bond acceptors (Lipinski definition) is 1. The summed E-state index contributed by atoms with van der Waals surface area (Å²) in [5, 5.41) is 0.772. The quantitative estimate of drug-likeness (QED) is 0.401. The van der Waals surface area contributed by atoms with Crippen molar-refractivity contribution in [3.05, 3.63) is 41.1 Å². The second-order valence-electron chi connectivity index (χ2n) is 4.12. The molecule has 0 radical (unpaired) electrons. The lowest BCUT2D eigenvalue weighted by atomic mass is 10.1. The molecule has 0 aromatic heterocycles. The van der Waals surface area contributed by atoms with Crippen LogP contribution >= 0.6 is 11.6 Å². The first-order chi connectivity index (χ1) is 7.50. The number of nitrogens with zero attached hydrogens (tertiary/aromatic N) is 2. The van der Waals surface area contributed by atoms with Crippen molar-refractivity contribution in [3.8, 4) is 0 Å². The Morgan fingerprint density at radius 1 is 1.24 bits per heavy atom. The van der Waals surface area contributed by atoms with E-state index in [0.29, 0.717) is 0 Å². The number of allylic oxidation sites excluding steroid dienone is 1. The molecule has 0 spiro atoms. The molecule has 0 bridgehead atoms. The van der Waals surface area contributed by atoms with Crippen molar-refractivity contribution >= 4 is 23.4 Å². The minimum Gasteiger partial charge on any atom is -1.00 e. The van der Waals surface area contributed by atoms with E-state index in [0.717, 1.165) is 16.2 Å². The molecule has 2 nitrogen and oxygen atoms in total. The van der Waals surface area contributed by atoms with Gasteiger partial charge in [0.05, 0.1) is 5.57 Å². The summed E-state index contributed by atoms with van der Waals surface area (Å²) in [6.45, 7) is 0. The van der Waals surface area contributed by atoms with Gasteiger partial charge in [0.15, 0.2) is 6.21 Å². The summed E-state index contributed by atoms with van der Waals surface area (Å²) in [5.41, 5.74) is 2.15. The fraction of sp³-hybridized carbons (Fsp3) is 0.308. The lowest BCUT2D eigenvalue weighted by Crippen LogP contribution is -3.00. The van der Waals surface area contributed by atoms with Crippen LogP contribution in [0, 0.1) is 0 Å². The van der Waals surface area contributed by atoms with E-state index in [1.165, 1.54) is 0 Å². The molecule has 1 aromatic rings. The van der Waals surface area contributed by atoms with Gasteiger partial charge < -0.3 is 28.9 Å². The van der Waals surface area contributed by atoms with Crippen LogP contribution in [0.1, 0.15) is 5.56 Å². The zero-order chi connectivity index (χ0) is 12.1. The highest BCUT2D eigenvalue weighted by Gasteiger charge is 2.07. The zero-order valence-electron chi connectivity index (χ0n) is 10.6. The van der Waals surface area contributed by atoms with Crippen molar-refractivity contribution < 1.29 is 28.6 Å². The molecule has 0 aliphatic heterocycles. The summed E-state index contributed by atoms with van der Waals surface area (Å²) < 4.78 is 2.01. The number of hydrogen-bond donors (Lipinski definition) is 0. The minimum absolute atomic E-state index is 0. The molecule has 0 heterocycles. The molecule has 0 aliphatic carbocycles. The minimum atomic E-state index is 0. The molecular formula is C13H18ClIN2. The summed E-state index contributed by atoms with van der Waals surface area (Å²) in [7, 11) is 8.00. The van der Waals surface area contributed by atoms with Gasteiger partial charge in [-0.15, -0.1) is 0 Å². The summed E-state index contributed by atoms with van der Waals surface area (Å²) in [4.78, 5) is 2.01. The molecule has 1 rings (SSSR count).